The lowest BCUT2D eigenvalue weighted by molar-refractivity contribution is -0.384. The molecule has 0 aliphatic carbocycles. The zero-order valence-corrected chi connectivity index (χ0v) is 12.1. The van der Waals surface area contributed by atoms with Gasteiger partial charge >= 0.3 is 5.97 Å². The van der Waals surface area contributed by atoms with Crippen molar-refractivity contribution in [3.63, 3.8) is 0 Å². The second kappa shape index (κ2) is 6.18. The number of nitro benzene ring substituents is 1. The van der Waals surface area contributed by atoms with Crippen molar-refractivity contribution in [2.75, 3.05) is 10.6 Å². The Morgan fingerprint density at radius 1 is 1.36 bits per heavy atom. The lowest BCUT2D eigenvalue weighted by Gasteiger charge is -2.09. The lowest BCUT2D eigenvalue weighted by atomic mass is 10.3. The van der Waals surface area contributed by atoms with Gasteiger partial charge in [-0.1, -0.05) is 0 Å². The number of hydrogen-bond acceptors (Lipinski definition) is 5. The smallest absolute Gasteiger partial charge is 0.356 e. The number of hydrogen-bond donors (Lipinski definition) is 3. The number of carbonyl (C=O) groups is 1. The lowest BCUT2D eigenvalue weighted by Crippen LogP contribution is -2.20. The number of nitrogens with zero attached hydrogens (tertiary/aromatic N) is 3. The molecule has 1 aromatic heterocycles. The van der Waals surface area contributed by atoms with Crippen molar-refractivity contribution in [1.29, 1.82) is 0 Å². The maximum atomic E-state index is 11.1. The fraction of sp³-hybridized carbons (Fsp3) is 0.0833. The number of aromatic nitrogens is 2. The topological polar surface area (TPSA) is 122 Å². The minimum Gasteiger partial charge on any atom is -0.476 e. The zero-order chi connectivity index (χ0) is 16.3. The largest absolute Gasteiger partial charge is 0.476 e. The molecule has 0 aliphatic rings. The first-order valence-corrected chi connectivity index (χ1v) is 6.37. The van der Waals surface area contributed by atoms with E-state index in [-0.39, 0.29) is 22.2 Å². The van der Waals surface area contributed by atoms with E-state index in [1.807, 2.05) is 0 Å². The molecule has 22 heavy (non-hydrogen) atoms. The molecule has 3 N–H and O–H groups in total. The minimum atomic E-state index is -1.14. The van der Waals surface area contributed by atoms with Crippen LogP contribution in [0.1, 0.15) is 10.5 Å². The molecule has 0 radical (unpaired) electrons. The second-order valence-electron chi connectivity index (χ2n) is 4.22. The first-order chi connectivity index (χ1) is 10.4. The predicted octanol–water partition coefficient (Wildman–Crippen LogP) is 1.84. The van der Waals surface area contributed by atoms with Crippen molar-refractivity contribution in [3.8, 4) is 0 Å². The van der Waals surface area contributed by atoms with E-state index in [0.29, 0.717) is 5.69 Å². The van der Waals surface area contributed by atoms with Crippen molar-refractivity contribution >= 4 is 40.4 Å². The van der Waals surface area contributed by atoms with E-state index in [4.69, 9.17) is 17.3 Å². The number of nitro groups is 1. The van der Waals surface area contributed by atoms with Gasteiger partial charge in [0.15, 0.2) is 10.8 Å². The van der Waals surface area contributed by atoms with E-state index in [1.165, 1.54) is 42.2 Å². The Hall–Kier alpha value is -3.01. The van der Waals surface area contributed by atoms with Crippen LogP contribution in [0.2, 0.25) is 0 Å². The van der Waals surface area contributed by atoms with Crippen LogP contribution in [0.4, 0.5) is 17.1 Å². The Morgan fingerprint density at radius 3 is 2.55 bits per heavy atom. The van der Waals surface area contributed by atoms with E-state index < -0.39 is 10.9 Å². The number of rotatable bonds is 4. The van der Waals surface area contributed by atoms with Crippen LogP contribution < -0.4 is 10.6 Å². The summed E-state index contributed by atoms with van der Waals surface area (Å²) in [6.45, 7) is 0. The highest BCUT2D eigenvalue weighted by Crippen LogP contribution is 2.17. The fourth-order valence-corrected chi connectivity index (χ4v) is 1.96. The molecule has 114 valence electrons. The fourth-order valence-electron chi connectivity index (χ4n) is 1.73. The summed E-state index contributed by atoms with van der Waals surface area (Å²) in [6, 6.07) is 5.65. The molecule has 1 heterocycles. The van der Waals surface area contributed by atoms with Crippen molar-refractivity contribution < 1.29 is 14.8 Å². The van der Waals surface area contributed by atoms with Crippen LogP contribution in [0.5, 0.6) is 0 Å². The van der Waals surface area contributed by atoms with Crippen molar-refractivity contribution in [1.82, 2.24) is 9.78 Å². The van der Waals surface area contributed by atoms with Crippen LogP contribution >= 0.6 is 12.2 Å². The summed E-state index contributed by atoms with van der Waals surface area (Å²) >= 11 is 5.07. The third kappa shape index (κ3) is 3.35. The number of aromatic carboxylic acids is 1. The molecule has 2 rings (SSSR count). The van der Waals surface area contributed by atoms with E-state index in [9.17, 15) is 14.9 Å². The molecule has 10 heteroatoms. The number of non-ortho nitro benzene ring substituents is 1. The normalized spacial score (nSPS) is 10.0. The summed E-state index contributed by atoms with van der Waals surface area (Å²) in [5.74, 6) is -1.14. The number of aryl methyl sites for hydroxylation is 1. The summed E-state index contributed by atoms with van der Waals surface area (Å²) in [4.78, 5) is 21.2. The average Bonchev–Trinajstić information content (AvgIpc) is 2.80. The van der Waals surface area contributed by atoms with Crippen LogP contribution in [-0.4, -0.2) is 30.9 Å². The van der Waals surface area contributed by atoms with E-state index in [1.54, 1.807) is 0 Å². The number of carboxylic acids is 1. The van der Waals surface area contributed by atoms with Gasteiger partial charge in [-0.3, -0.25) is 14.8 Å². The summed E-state index contributed by atoms with van der Waals surface area (Å²) in [5.41, 5.74) is 0.705. The standard InChI is InChI=1S/C12H11N5O4S/c1-16-10(11(18)19)9(6-13-16)15-12(22)14-7-2-4-8(5-3-7)17(20)21/h2-6H,1H3,(H,18,19)(H2,14,15,22). The second-order valence-corrected chi connectivity index (χ2v) is 4.63. The highest BCUT2D eigenvalue weighted by atomic mass is 32.1. The van der Waals surface area contributed by atoms with Crippen LogP contribution in [0, 0.1) is 10.1 Å². The Morgan fingerprint density at radius 2 is 2.00 bits per heavy atom. The Labute approximate surface area is 129 Å². The van der Waals surface area contributed by atoms with Crippen molar-refractivity contribution in [2.24, 2.45) is 7.05 Å². The Balaban J connectivity index is 2.07. The highest BCUT2D eigenvalue weighted by molar-refractivity contribution is 7.80. The maximum Gasteiger partial charge on any atom is 0.356 e. The minimum absolute atomic E-state index is 0.0344. The Bertz CT molecular complexity index is 740. The molecule has 0 unspecified atom stereocenters. The third-order valence-corrected chi connectivity index (χ3v) is 2.93. The summed E-state index contributed by atoms with van der Waals surface area (Å²) in [5, 5.41) is 29.2. The van der Waals surface area contributed by atoms with Crippen molar-refractivity contribution in [3.05, 3.63) is 46.3 Å². The molecule has 0 saturated carbocycles. The third-order valence-electron chi connectivity index (χ3n) is 2.73. The SMILES string of the molecule is Cn1ncc(NC(=S)Nc2ccc([N+](=O)[O-])cc2)c1C(=O)O. The number of carboxylic acid groups (broad SMARTS) is 1. The van der Waals surface area contributed by atoms with Crippen LogP contribution in [0.15, 0.2) is 30.5 Å². The average molecular weight is 321 g/mol. The number of benzene rings is 1. The first-order valence-electron chi connectivity index (χ1n) is 5.96. The number of thiocarbonyl (C=S) groups is 1. The molecule has 9 nitrogen and oxygen atoms in total. The molecule has 0 fully saturated rings. The van der Waals surface area contributed by atoms with Gasteiger partial charge in [0.25, 0.3) is 5.69 Å². The van der Waals surface area contributed by atoms with Gasteiger partial charge in [-0.05, 0) is 24.4 Å². The summed E-state index contributed by atoms with van der Waals surface area (Å²) < 4.78 is 1.21. The number of anilines is 2. The van der Waals surface area contributed by atoms with Crippen LogP contribution in [0.3, 0.4) is 0 Å². The van der Waals surface area contributed by atoms with E-state index >= 15 is 0 Å². The van der Waals surface area contributed by atoms with Gasteiger partial charge in [0.05, 0.1) is 16.8 Å². The monoisotopic (exact) mass is 321 g/mol. The summed E-state index contributed by atoms with van der Waals surface area (Å²) in [7, 11) is 1.50. The van der Waals surface area contributed by atoms with Gasteiger partial charge in [0.1, 0.15) is 0 Å². The van der Waals surface area contributed by atoms with Crippen LogP contribution in [-0.2, 0) is 7.05 Å². The van der Waals surface area contributed by atoms with E-state index in [0.717, 1.165) is 0 Å². The molecule has 0 amide bonds. The van der Waals surface area contributed by atoms with Gasteiger partial charge in [-0.2, -0.15) is 5.10 Å². The molecule has 1 aromatic carbocycles. The Kier molecular flexibility index (Phi) is 4.32. The molecule has 0 spiro atoms. The number of nitrogens with one attached hydrogen (secondary N) is 2. The molecule has 2 aromatic rings. The molecule has 0 atom stereocenters. The molecular formula is C12H11N5O4S. The van der Waals surface area contributed by atoms with Crippen LogP contribution in [0.25, 0.3) is 0 Å². The zero-order valence-electron chi connectivity index (χ0n) is 11.3. The van der Waals surface area contributed by atoms with Gasteiger partial charge in [-0.25, -0.2) is 4.79 Å². The molecule has 0 aliphatic heterocycles. The van der Waals surface area contributed by atoms with Crippen molar-refractivity contribution in [2.45, 2.75) is 0 Å². The van der Waals surface area contributed by atoms with Gasteiger partial charge in [0.2, 0.25) is 0 Å². The quantitative estimate of drug-likeness (QED) is 0.443. The predicted molar refractivity (Wildman–Crippen MR) is 83.1 cm³/mol. The van der Waals surface area contributed by atoms with Gasteiger partial charge in [-0.15, -0.1) is 0 Å². The van der Waals surface area contributed by atoms with E-state index in [2.05, 4.69) is 15.7 Å². The van der Waals surface area contributed by atoms with Gasteiger partial charge < -0.3 is 15.7 Å². The molecule has 0 bridgehead atoms. The molecule has 0 saturated heterocycles. The maximum absolute atomic E-state index is 11.1. The highest BCUT2D eigenvalue weighted by Gasteiger charge is 2.16. The first kappa shape index (κ1) is 15.4. The van der Waals surface area contributed by atoms with Gasteiger partial charge in [0, 0.05) is 24.9 Å². The summed E-state index contributed by atoms with van der Waals surface area (Å²) in [6.07, 6.45) is 1.34. The molecular weight excluding hydrogens is 310 g/mol.